The van der Waals surface area contributed by atoms with Gasteiger partial charge < -0.3 is 0 Å². The van der Waals surface area contributed by atoms with Gasteiger partial charge in [-0.25, -0.2) is 4.39 Å². The lowest BCUT2D eigenvalue weighted by atomic mass is 10.1. The number of hydrogen-bond donors (Lipinski definition) is 0. The van der Waals surface area contributed by atoms with Crippen molar-refractivity contribution in [2.45, 2.75) is 6.92 Å². The third-order valence-electron chi connectivity index (χ3n) is 2.04. The molecule has 0 aliphatic rings. The molecular weight excluding hydrogens is 315 g/mol. The standard InChI is InChI=1S/C10H6ClFIN/c1-5-2-6-9(3-7(5)12)14-4-8(13)10(6)11/h2-4H,1H3. The van der Waals surface area contributed by atoms with E-state index in [2.05, 4.69) is 27.6 Å². The minimum Gasteiger partial charge on any atom is -0.255 e. The first-order chi connectivity index (χ1) is 6.59. The van der Waals surface area contributed by atoms with E-state index < -0.39 is 0 Å². The Bertz CT molecular complexity index is 513. The van der Waals surface area contributed by atoms with Crippen LogP contribution in [-0.4, -0.2) is 4.98 Å². The Morgan fingerprint density at radius 1 is 1.43 bits per heavy atom. The van der Waals surface area contributed by atoms with Gasteiger partial charge >= 0.3 is 0 Å². The number of rotatable bonds is 0. The SMILES string of the molecule is Cc1cc2c(Cl)c(I)cnc2cc1F. The van der Waals surface area contributed by atoms with Crippen LogP contribution < -0.4 is 0 Å². The maximum Gasteiger partial charge on any atom is 0.128 e. The molecule has 4 heteroatoms. The molecule has 0 N–H and O–H groups in total. The van der Waals surface area contributed by atoms with Crippen molar-refractivity contribution in [1.82, 2.24) is 4.98 Å². The maximum atomic E-state index is 13.2. The van der Waals surface area contributed by atoms with Gasteiger partial charge in [0.1, 0.15) is 5.82 Å². The van der Waals surface area contributed by atoms with Crippen LogP contribution in [0.15, 0.2) is 18.3 Å². The van der Waals surface area contributed by atoms with Gasteiger partial charge in [-0.05, 0) is 41.1 Å². The second-order valence-corrected chi connectivity index (χ2v) is 4.58. The predicted molar refractivity (Wildman–Crippen MR) is 64.2 cm³/mol. The third-order valence-corrected chi connectivity index (χ3v) is 3.58. The van der Waals surface area contributed by atoms with Crippen molar-refractivity contribution in [3.63, 3.8) is 0 Å². The summed E-state index contributed by atoms with van der Waals surface area (Å²) in [5.41, 5.74) is 1.18. The van der Waals surface area contributed by atoms with E-state index in [1.54, 1.807) is 19.2 Å². The highest BCUT2D eigenvalue weighted by Crippen LogP contribution is 2.28. The first-order valence-corrected chi connectivity index (χ1v) is 5.45. The molecule has 0 bridgehead atoms. The van der Waals surface area contributed by atoms with E-state index >= 15 is 0 Å². The van der Waals surface area contributed by atoms with Gasteiger partial charge in [-0.1, -0.05) is 11.6 Å². The fraction of sp³-hybridized carbons (Fsp3) is 0.100. The van der Waals surface area contributed by atoms with Crippen LogP contribution in [0.25, 0.3) is 10.9 Å². The van der Waals surface area contributed by atoms with E-state index in [9.17, 15) is 4.39 Å². The molecular formula is C10H6ClFIN. The molecule has 1 heterocycles. The number of benzene rings is 1. The Morgan fingerprint density at radius 2 is 2.14 bits per heavy atom. The van der Waals surface area contributed by atoms with Crippen LogP contribution in [0.1, 0.15) is 5.56 Å². The number of aromatic nitrogens is 1. The lowest BCUT2D eigenvalue weighted by molar-refractivity contribution is 0.620. The van der Waals surface area contributed by atoms with Gasteiger partial charge in [0.25, 0.3) is 0 Å². The van der Waals surface area contributed by atoms with Crippen molar-refractivity contribution >= 4 is 45.1 Å². The van der Waals surface area contributed by atoms with Gasteiger partial charge in [0.05, 0.1) is 14.1 Å². The Kier molecular flexibility index (Phi) is 2.62. The summed E-state index contributed by atoms with van der Waals surface area (Å²) < 4.78 is 14.1. The highest BCUT2D eigenvalue weighted by atomic mass is 127. The Morgan fingerprint density at radius 3 is 2.86 bits per heavy atom. The molecule has 1 nitrogen and oxygen atoms in total. The average Bonchev–Trinajstić information content (AvgIpc) is 2.15. The summed E-state index contributed by atoms with van der Waals surface area (Å²) in [7, 11) is 0. The van der Waals surface area contributed by atoms with Crippen LogP contribution in [0.5, 0.6) is 0 Å². The zero-order chi connectivity index (χ0) is 10.3. The number of pyridine rings is 1. The van der Waals surface area contributed by atoms with Gasteiger partial charge in [0.15, 0.2) is 0 Å². The molecule has 0 amide bonds. The van der Waals surface area contributed by atoms with Crippen molar-refractivity contribution in [3.05, 3.63) is 38.3 Å². The van der Waals surface area contributed by atoms with Crippen LogP contribution in [0.2, 0.25) is 5.02 Å². The minimum atomic E-state index is -0.248. The fourth-order valence-corrected chi connectivity index (χ4v) is 1.90. The minimum absolute atomic E-state index is 0.248. The normalized spacial score (nSPS) is 10.9. The second kappa shape index (κ2) is 3.62. The second-order valence-electron chi connectivity index (χ2n) is 3.04. The predicted octanol–water partition coefficient (Wildman–Crippen LogP) is 3.94. The molecule has 2 aromatic rings. The molecule has 0 spiro atoms. The highest BCUT2D eigenvalue weighted by molar-refractivity contribution is 14.1. The summed E-state index contributed by atoms with van der Waals surface area (Å²) in [6.07, 6.45) is 1.64. The largest absolute Gasteiger partial charge is 0.255 e. The molecule has 72 valence electrons. The van der Waals surface area contributed by atoms with E-state index in [0.29, 0.717) is 16.1 Å². The topological polar surface area (TPSA) is 12.9 Å². The van der Waals surface area contributed by atoms with E-state index in [1.807, 2.05) is 0 Å². The van der Waals surface area contributed by atoms with E-state index in [4.69, 9.17) is 11.6 Å². The summed E-state index contributed by atoms with van der Waals surface area (Å²) in [5, 5.41) is 1.44. The summed E-state index contributed by atoms with van der Waals surface area (Å²) >= 11 is 8.18. The molecule has 0 saturated heterocycles. The average molecular weight is 322 g/mol. The van der Waals surface area contributed by atoms with Gasteiger partial charge in [-0.3, -0.25) is 4.98 Å². The van der Waals surface area contributed by atoms with E-state index in [1.165, 1.54) is 6.07 Å². The molecule has 1 aromatic heterocycles. The van der Waals surface area contributed by atoms with Crippen LogP contribution >= 0.6 is 34.2 Å². The Balaban J connectivity index is 2.89. The molecule has 0 radical (unpaired) electrons. The van der Waals surface area contributed by atoms with Crippen LogP contribution in [0.3, 0.4) is 0 Å². The first-order valence-electron chi connectivity index (χ1n) is 3.99. The number of hydrogen-bond acceptors (Lipinski definition) is 1. The van der Waals surface area contributed by atoms with Gasteiger partial charge in [-0.15, -0.1) is 0 Å². The van der Waals surface area contributed by atoms with E-state index in [0.717, 1.165) is 8.96 Å². The van der Waals surface area contributed by atoms with Crippen LogP contribution in [0.4, 0.5) is 4.39 Å². The van der Waals surface area contributed by atoms with Crippen molar-refractivity contribution in [1.29, 1.82) is 0 Å². The molecule has 0 aliphatic heterocycles. The van der Waals surface area contributed by atoms with E-state index in [-0.39, 0.29) is 5.82 Å². The van der Waals surface area contributed by atoms with Gasteiger partial charge in [0.2, 0.25) is 0 Å². The van der Waals surface area contributed by atoms with Crippen molar-refractivity contribution < 1.29 is 4.39 Å². The van der Waals surface area contributed by atoms with Crippen LogP contribution in [-0.2, 0) is 0 Å². The number of nitrogens with zero attached hydrogens (tertiary/aromatic N) is 1. The monoisotopic (exact) mass is 321 g/mol. The summed E-state index contributed by atoms with van der Waals surface area (Å²) in [5.74, 6) is -0.248. The van der Waals surface area contributed by atoms with Gasteiger partial charge in [-0.2, -0.15) is 0 Å². The van der Waals surface area contributed by atoms with Crippen molar-refractivity contribution in [2.75, 3.05) is 0 Å². The molecule has 0 fully saturated rings. The number of halogens is 3. The number of fused-ring (bicyclic) bond motifs is 1. The number of aryl methyl sites for hydroxylation is 1. The zero-order valence-corrected chi connectivity index (χ0v) is 10.2. The smallest absolute Gasteiger partial charge is 0.128 e. The third kappa shape index (κ3) is 1.59. The molecule has 1 aromatic carbocycles. The summed E-state index contributed by atoms with van der Waals surface area (Å²) in [4.78, 5) is 4.11. The zero-order valence-electron chi connectivity index (χ0n) is 7.31. The molecule has 0 aliphatic carbocycles. The molecule has 0 unspecified atom stereocenters. The lowest BCUT2D eigenvalue weighted by Gasteiger charge is -2.03. The summed E-state index contributed by atoms with van der Waals surface area (Å²) in [6, 6.07) is 3.13. The summed E-state index contributed by atoms with van der Waals surface area (Å²) in [6.45, 7) is 1.71. The van der Waals surface area contributed by atoms with Gasteiger partial charge in [0, 0.05) is 17.6 Å². The highest BCUT2D eigenvalue weighted by Gasteiger charge is 2.07. The first kappa shape index (κ1) is 10.1. The molecule has 0 atom stereocenters. The van der Waals surface area contributed by atoms with Crippen molar-refractivity contribution in [3.8, 4) is 0 Å². The molecule has 2 rings (SSSR count). The molecule has 14 heavy (non-hydrogen) atoms. The maximum absolute atomic E-state index is 13.2. The quantitative estimate of drug-likeness (QED) is 0.670. The Labute approximate surface area is 99.4 Å². The van der Waals surface area contributed by atoms with Crippen LogP contribution in [0, 0.1) is 16.3 Å². The van der Waals surface area contributed by atoms with Crippen molar-refractivity contribution in [2.24, 2.45) is 0 Å². The lowest BCUT2D eigenvalue weighted by Crippen LogP contribution is -1.88. The Hall–Kier alpha value is -0.420. The molecule has 0 saturated carbocycles. The fourth-order valence-electron chi connectivity index (χ4n) is 1.27.